The van der Waals surface area contributed by atoms with Gasteiger partial charge in [0.2, 0.25) is 0 Å². The fraction of sp³-hybridized carbons (Fsp3) is 0.188. The van der Waals surface area contributed by atoms with Gasteiger partial charge in [-0.2, -0.15) is 0 Å². The highest BCUT2D eigenvalue weighted by Crippen LogP contribution is 2.26. The molecule has 0 radical (unpaired) electrons. The van der Waals surface area contributed by atoms with Crippen molar-refractivity contribution in [1.29, 1.82) is 0 Å². The Kier molecular flexibility index (Phi) is 5.69. The minimum absolute atomic E-state index is 0.285. The Labute approximate surface area is 142 Å². The van der Waals surface area contributed by atoms with Gasteiger partial charge in [-0.15, -0.1) is 0 Å². The van der Waals surface area contributed by atoms with E-state index in [1.54, 1.807) is 56.5 Å². The number of hydrogen-bond acceptors (Lipinski definition) is 3. The second kappa shape index (κ2) is 7.51. The van der Waals surface area contributed by atoms with Gasteiger partial charge in [-0.1, -0.05) is 33.6 Å². The van der Waals surface area contributed by atoms with E-state index in [2.05, 4.69) is 21.2 Å². The first-order valence-electron chi connectivity index (χ1n) is 6.56. The van der Waals surface area contributed by atoms with Crippen molar-refractivity contribution >= 4 is 39.1 Å². The first-order chi connectivity index (χ1) is 10.5. The predicted octanol–water partition coefficient (Wildman–Crippen LogP) is 4.52. The molecule has 0 heterocycles. The SMILES string of the molecule is COc1cccc(OC(C)C(=O)Nc2ccc(Br)cc2Cl)c1. The van der Waals surface area contributed by atoms with E-state index in [0.717, 1.165) is 4.47 Å². The number of hydrogen-bond donors (Lipinski definition) is 1. The Morgan fingerprint density at radius 2 is 1.95 bits per heavy atom. The molecule has 1 N–H and O–H groups in total. The lowest BCUT2D eigenvalue weighted by molar-refractivity contribution is -0.122. The highest BCUT2D eigenvalue weighted by molar-refractivity contribution is 9.10. The summed E-state index contributed by atoms with van der Waals surface area (Å²) in [4.78, 5) is 12.2. The van der Waals surface area contributed by atoms with Gasteiger partial charge < -0.3 is 14.8 Å². The van der Waals surface area contributed by atoms with Crippen LogP contribution in [0.25, 0.3) is 0 Å². The number of rotatable bonds is 5. The number of halogens is 2. The standard InChI is InChI=1S/C16H15BrClNO3/c1-10(22-13-5-3-4-12(9-13)21-2)16(20)19-15-7-6-11(17)8-14(15)18/h3-10H,1-2H3,(H,19,20). The normalized spacial score (nSPS) is 11.6. The summed E-state index contributed by atoms with van der Waals surface area (Å²) in [6, 6.07) is 12.3. The Bertz CT molecular complexity index is 678. The summed E-state index contributed by atoms with van der Waals surface area (Å²) in [7, 11) is 1.57. The molecule has 0 spiro atoms. The van der Waals surface area contributed by atoms with E-state index in [1.165, 1.54) is 0 Å². The number of benzene rings is 2. The minimum Gasteiger partial charge on any atom is -0.497 e. The lowest BCUT2D eigenvalue weighted by atomic mass is 10.3. The first kappa shape index (κ1) is 16.6. The molecule has 0 saturated heterocycles. The summed E-state index contributed by atoms with van der Waals surface area (Å²) >= 11 is 9.39. The zero-order chi connectivity index (χ0) is 16.1. The molecule has 2 aromatic carbocycles. The van der Waals surface area contributed by atoms with E-state index in [0.29, 0.717) is 22.2 Å². The van der Waals surface area contributed by atoms with Gasteiger partial charge in [0.05, 0.1) is 17.8 Å². The zero-order valence-electron chi connectivity index (χ0n) is 12.1. The van der Waals surface area contributed by atoms with Gasteiger partial charge in [0.1, 0.15) is 11.5 Å². The van der Waals surface area contributed by atoms with Crippen LogP contribution in [0.3, 0.4) is 0 Å². The van der Waals surface area contributed by atoms with Gasteiger partial charge in [-0.05, 0) is 37.3 Å². The Morgan fingerprint density at radius 1 is 1.23 bits per heavy atom. The highest BCUT2D eigenvalue weighted by atomic mass is 79.9. The molecule has 2 aromatic rings. The Morgan fingerprint density at radius 3 is 2.64 bits per heavy atom. The van der Waals surface area contributed by atoms with Crippen molar-refractivity contribution < 1.29 is 14.3 Å². The maximum Gasteiger partial charge on any atom is 0.265 e. The second-order valence-electron chi connectivity index (χ2n) is 4.55. The van der Waals surface area contributed by atoms with Crippen LogP contribution in [0, 0.1) is 0 Å². The van der Waals surface area contributed by atoms with E-state index < -0.39 is 6.10 Å². The van der Waals surface area contributed by atoms with Gasteiger partial charge in [0.15, 0.2) is 6.10 Å². The largest absolute Gasteiger partial charge is 0.497 e. The van der Waals surface area contributed by atoms with Crippen molar-refractivity contribution in [2.24, 2.45) is 0 Å². The average Bonchev–Trinajstić information content (AvgIpc) is 2.50. The van der Waals surface area contributed by atoms with Gasteiger partial charge in [-0.25, -0.2) is 0 Å². The van der Waals surface area contributed by atoms with Gasteiger partial charge in [0.25, 0.3) is 5.91 Å². The molecular formula is C16H15BrClNO3. The molecule has 0 aliphatic heterocycles. The minimum atomic E-state index is -0.674. The molecule has 0 aliphatic carbocycles. The zero-order valence-corrected chi connectivity index (χ0v) is 14.4. The fourth-order valence-electron chi connectivity index (χ4n) is 1.76. The maximum absolute atomic E-state index is 12.2. The van der Waals surface area contributed by atoms with Gasteiger partial charge >= 0.3 is 0 Å². The van der Waals surface area contributed by atoms with Crippen LogP contribution >= 0.6 is 27.5 Å². The third kappa shape index (κ3) is 4.39. The fourth-order valence-corrected chi connectivity index (χ4v) is 2.48. The smallest absolute Gasteiger partial charge is 0.265 e. The third-order valence-corrected chi connectivity index (χ3v) is 3.72. The molecule has 22 heavy (non-hydrogen) atoms. The summed E-state index contributed by atoms with van der Waals surface area (Å²) in [5, 5.41) is 3.19. The quantitative estimate of drug-likeness (QED) is 0.824. The topological polar surface area (TPSA) is 47.6 Å². The number of carbonyl (C=O) groups is 1. The molecular weight excluding hydrogens is 370 g/mol. The molecule has 116 valence electrons. The van der Waals surface area contributed by atoms with E-state index in [1.807, 2.05) is 0 Å². The summed E-state index contributed by atoms with van der Waals surface area (Å²) in [6.07, 6.45) is -0.674. The summed E-state index contributed by atoms with van der Waals surface area (Å²) < 4.78 is 11.6. The number of anilines is 1. The summed E-state index contributed by atoms with van der Waals surface area (Å²) in [6.45, 7) is 1.67. The Hall–Kier alpha value is -1.72. The van der Waals surface area contributed by atoms with Crippen LogP contribution in [0.5, 0.6) is 11.5 Å². The van der Waals surface area contributed by atoms with Crippen molar-refractivity contribution in [2.75, 3.05) is 12.4 Å². The van der Waals surface area contributed by atoms with Crippen molar-refractivity contribution in [3.63, 3.8) is 0 Å². The number of nitrogens with one attached hydrogen (secondary N) is 1. The van der Waals surface area contributed by atoms with E-state index in [-0.39, 0.29) is 5.91 Å². The molecule has 0 bridgehead atoms. The van der Waals surface area contributed by atoms with Crippen LogP contribution in [0.15, 0.2) is 46.9 Å². The number of ether oxygens (including phenoxy) is 2. The molecule has 1 unspecified atom stereocenters. The molecule has 6 heteroatoms. The van der Waals surface area contributed by atoms with Crippen LogP contribution in [0.4, 0.5) is 5.69 Å². The third-order valence-electron chi connectivity index (χ3n) is 2.91. The summed E-state index contributed by atoms with van der Waals surface area (Å²) in [5.41, 5.74) is 0.538. The van der Waals surface area contributed by atoms with Crippen molar-refractivity contribution in [1.82, 2.24) is 0 Å². The average molecular weight is 385 g/mol. The monoisotopic (exact) mass is 383 g/mol. The van der Waals surface area contributed by atoms with Crippen LogP contribution in [0.1, 0.15) is 6.92 Å². The molecule has 2 rings (SSSR count). The Balaban J connectivity index is 2.02. The second-order valence-corrected chi connectivity index (χ2v) is 5.88. The van der Waals surface area contributed by atoms with E-state index >= 15 is 0 Å². The van der Waals surface area contributed by atoms with Crippen molar-refractivity contribution in [3.8, 4) is 11.5 Å². The molecule has 4 nitrogen and oxygen atoms in total. The molecule has 0 aliphatic rings. The number of methoxy groups -OCH3 is 1. The van der Waals surface area contributed by atoms with Crippen LogP contribution in [-0.2, 0) is 4.79 Å². The van der Waals surface area contributed by atoms with Gasteiger partial charge in [0, 0.05) is 10.5 Å². The van der Waals surface area contributed by atoms with Crippen LogP contribution in [0.2, 0.25) is 5.02 Å². The number of amides is 1. The van der Waals surface area contributed by atoms with E-state index in [9.17, 15) is 4.79 Å². The molecule has 1 atom stereocenters. The van der Waals surface area contributed by atoms with Crippen molar-refractivity contribution in [2.45, 2.75) is 13.0 Å². The van der Waals surface area contributed by atoms with Crippen LogP contribution < -0.4 is 14.8 Å². The maximum atomic E-state index is 12.2. The molecule has 0 aromatic heterocycles. The van der Waals surface area contributed by atoms with Crippen LogP contribution in [-0.4, -0.2) is 19.1 Å². The molecule has 0 fully saturated rings. The van der Waals surface area contributed by atoms with Crippen molar-refractivity contribution in [3.05, 3.63) is 52.0 Å². The van der Waals surface area contributed by atoms with E-state index in [4.69, 9.17) is 21.1 Å². The van der Waals surface area contributed by atoms with Gasteiger partial charge in [-0.3, -0.25) is 4.79 Å². The molecule has 0 saturated carbocycles. The highest BCUT2D eigenvalue weighted by Gasteiger charge is 2.16. The molecule has 1 amide bonds. The lowest BCUT2D eigenvalue weighted by Crippen LogP contribution is -2.30. The number of carbonyl (C=O) groups excluding carboxylic acids is 1. The lowest BCUT2D eigenvalue weighted by Gasteiger charge is -2.16. The first-order valence-corrected chi connectivity index (χ1v) is 7.73. The summed E-state index contributed by atoms with van der Waals surface area (Å²) in [5.74, 6) is 0.942. The predicted molar refractivity (Wildman–Crippen MR) is 90.9 cm³/mol.